The van der Waals surface area contributed by atoms with Gasteiger partial charge in [-0.1, -0.05) is 52.2 Å². The van der Waals surface area contributed by atoms with Crippen LogP contribution in [0.1, 0.15) is 71.3 Å². The zero-order valence-electron chi connectivity index (χ0n) is 18.8. The van der Waals surface area contributed by atoms with Gasteiger partial charge in [0, 0.05) is 19.6 Å². The first-order valence-corrected chi connectivity index (χ1v) is 11.6. The number of amides is 2. The van der Waals surface area contributed by atoms with Gasteiger partial charge in [0.2, 0.25) is 0 Å². The number of rotatable bonds is 10. The van der Waals surface area contributed by atoms with Crippen molar-refractivity contribution in [3.63, 3.8) is 0 Å². The summed E-state index contributed by atoms with van der Waals surface area (Å²) in [5.74, 6) is 0.982. The summed E-state index contributed by atoms with van der Waals surface area (Å²) in [5, 5.41) is 0. The summed E-state index contributed by atoms with van der Waals surface area (Å²) in [6.45, 7) is 9.24. The van der Waals surface area contributed by atoms with E-state index in [9.17, 15) is 9.59 Å². The molecule has 0 aliphatic carbocycles. The second-order valence-corrected chi connectivity index (χ2v) is 8.82. The molecule has 164 valence electrons. The SMILES string of the molecule is CCCCCCN1C(=O)C(c2ccc(OCC(C)C)cc2)=C(N2CCCCC2)C1=O. The number of carbonyl (C=O) groups is 2. The third-order valence-electron chi connectivity index (χ3n) is 5.78. The average molecular weight is 413 g/mol. The van der Waals surface area contributed by atoms with E-state index < -0.39 is 0 Å². The molecule has 2 amide bonds. The van der Waals surface area contributed by atoms with Crippen molar-refractivity contribution < 1.29 is 14.3 Å². The normalized spacial score (nSPS) is 17.5. The Bertz CT molecular complexity index is 761. The third kappa shape index (κ3) is 5.24. The van der Waals surface area contributed by atoms with Gasteiger partial charge < -0.3 is 9.64 Å². The lowest BCUT2D eigenvalue weighted by Crippen LogP contribution is -2.37. The quantitative estimate of drug-likeness (QED) is 0.406. The highest BCUT2D eigenvalue weighted by molar-refractivity contribution is 6.35. The predicted molar refractivity (Wildman–Crippen MR) is 120 cm³/mol. The standard InChI is InChI=1S/C25H36N2O3/c1-4-5-6-10-17-27-24(28)22(23(25(27)29)26-15-8-7-9-16-26)20-11-13-21(14-12-20)30-18-19(2)3/h11-14,19H,4-10,15-18H2,1-3H3. The van der Waals surface area contributed by atoms with Crippen LogP contribution in [-0.2, 0) is 9.59 Å². The lowest BCUT2D eigenvalue weighted by molar-refractivity contribution is -0.137. The Labute approximate surface area is 181 Å². The molecule has 0 aromatic heterocycles. The van der Waals surface area contributed by atoms with Crippen LogP contribution in [0.25, 0.3) is 5.57 Å². The van der Waals surface area contributed by atoms with Crippen molar-refractivity contribution in [2.24, 2.45) is 5.92 Å². The van der Waals surface area contributed by atoms with Crippen molar-refractivity contribution in [3.8, 4) is 5.75 Å². The molecule has 5 heteroatoms. The zero-order chi connectivity index (χ0) is 21.5. The second-order valence-electron chi connectivity index (χ2n) is 8.82. The molecule has 0 atom stereocenters. The number of carbonyl (C=O) groups excluding carboxylic acids is 2. The summed E-state index contributed by atoms with van der Waals surface area (Å²) in [6.07, 6.45) is 7.50. The number of unbranched alkanes of at least 4 members (excludes halogenated alkanes) is 3. The number of hydrogen-bond acceptors (Lipinski definition) is 4. The summed E-state index contributed by atoms with van der Waals surface area (Å²) in [4.78, 5) is 30.2. The summed E-state index contributed by atoms with van der Waals surface area (Å²) in [7, 11) is 0. The maximum absolute atomic E-state index is 13.3. The van der Waals surface area contributed by atoms with Gasteiger partial charge in [0.15, 0.2) is 0 Å². The second kappa shape index (κ2) is 10.6. The van der Waals surface area contributed by atoms with Crippen molar-refractivity contribution in [1.82, 2.24) is 9.80 Å². The fourth-order valence-electron chi connectivity index (χ4n) is 4.11. The molecule has 30 heavy (non-hydrogen) atoms. The first-order chi connectivity index (χ1) is 14.5. The molecular formula is C25H36N2O3. The number of likely N-dealkylation sites (tertiary alicyclic amines) is 1. The highest BCUT2D eigenvalue weighted by atomic mass is 16.5. The minimum Gasteiger partial charge on any atom is -0.493 e. The van der Waals surface area contributed by atoms with Gasteiger partial charge in [-0.2, -0.15) is 0 Å². The maximum atomic E-state index is 13.3. The van der Waals surface area contributed by atoms with Crippen LogP contribution >= 0.6 is 0 Å². The maximum Gasteiger partial charge on any atom is 0.277 e. The van der Waals surface area contributed by atoms with Crippen LogP contribution in [0.4, 0.5) is 0 Å². The average Bonchev–Trinajstić information content (AvgIpc) is 3.00. The molecule has 1 saturated heterocycles. The van der Waals surface area contributed by atoms with Gasteiger partial charge in [-0.05, 0) is 49.3 Å². The molecule has 1 aromatic carbocycles. The molecule has 0 radical (unpaired) electrons. The van der Waals surface area contributed by atoms with Crippen molar-refractivity contribution in [2.75, 3.05) is 26.2 Å². The largest absolute Gasteiger partial charge is 0.493 e. The summed E-state index contributed by atoms with van der Waals surface area (Å²) in [5.41, 5.74) is 1.97. The number of piperidine rings is 1. The molecule has 0 N–H and O–H groups in total. The van der Waals surface area contributed by atoms with Gasteiger partial charge in [0.25, 0.3) is 11.8 Å². The van der Waals surface area contributed by atoms with E-state index in [1.54, 1.807) is 0 Å². The van der Waals surface area contributed by atoms with E-state index in [0.717, 1.165) is 62.9 Å². The van der Waals surface area contributed by atoms with Gasteiger partial charge in [0.1, 0.15) is 11.4 Å². The molecule has 1 fully saturated rings. The van der Waals surface area contributed by atoms with Crippen LogP contribution in [0.5, 0.6) is 5.75 Å². The van der Waals surface area contributed by atoms with E-state index in [1.807, 2.05) is 24.3 Å². The molecule has 5 nitrogen and oxygen atoms in total. The highest BCUT2D eigenvalue weighted by Gasteiger charge is 2.41. The fourth-order valence-corrected chi connectivity index (χ4v) is 4.11. The molecule has 2 aliphatic rings. The lowest BCUT2D eigenvalue weighted by Gasteiger charge is -2.29. The topological polar surface area (TPSA) is 49.9 Å². The van der Waals surface area contributed by atoms with Crippen molar-refractivity contribution in [2.45, 2.75) is 65.7 Å². The van der Waals surface area contributed by atoms with Gasteiger partial charge in [-0.3, -0.25) is 14.5 Å². The fraction of sp³-hybridized carbons (Fsp3) is 0.600. The Morgan fingerprint density at radius 1 is 0.933 bits per heavy atom. The van der Waals surface area contributed by atoms with E-state index in [4.69, 9.17) is 4.74 Å². The summed E-state index contributed by atoms with van der Waals surface area (Å²) in [6, 6.07) is 7.64. The monoisotopic (exact) mass is 412 g/mol. The zero-order valence-corrected chi connectivity index (χ0v) is 18.8. The molecule has 2 heterocycles. The smallest absolute Gasteiger partial charge is 0.277 e. The molecule has 0 spiro atoms. The molecule has 2 aliphatic heterocycles. The Morgan fingerprint density at radius 3 is 2.27 bits per heavy atom. The summed E-state index contributed by atoms with van der Waals surface area (Å²) >= 11 is 0. The number of imide groups is 1. The molecule has 1 aromatic rings. The number of benzene rings is 1. The van der Waals surface area contributed by atoms with Gasteiger partial charge >= 0.3 is 0 Å². The molecular weight excluding hydrogens is 376 g/mol. The van der Waals surface area contributed by atoms with E-state index in [1.165, 1.54) is 11.3 Å². The van der Waals surface area contributed by atoms with Gasteiger partial charge in [-0.15, -0.1) is 0 Å². The molecule has 0 saturated carbocycles. The number of hydrogen-bond donors (Lipinski definition) is 0. The van der Waals surface area contributed by atoms with Crippen LogP contribution in [0.2, 0.25) is 0 Å². The predicted octanol–water partition coefficient (Wildman–Crippen LogP) is 4.87. The Kier molecular flexibility index (Phi) is 7.94. The first kappa shape index (κ1) is 22.4. The van der Waals surface area contributed by atoms with Crippen LogP contribution in [-0.4, -0.2) is 47.9 Å². The van der Waals surface area contributed by atoms with E-state index in [2.05, 4.69) is 25.7 Å². The molecule has 0 bridgehead atoms. The minimum atomic E-state index is -0.145. The van der Waals surface area contributed by atoms with Crippen LogP contribution in [0, 0.1) is 5.92 Å². The highest BCUT2D eigenvalue weighted by Crippen LogP contribution is 2.34. The van der Waals surface area contributed by atoms with Crippen molar-refractivity contribution >= 4 is 17.4 Å². The number of ether oxygens (including phenoxy) is 1. The number of nitrogens with zero attached hydrogens (tertiary/aromatic N) is 2. The Hall–Kier alpha value is -2.30. The van der Waals surface area contributed by atoms with Crippen molar-refractivity contribution in [1.29, 1.82) is 0 Å². The summed E-state index contributed by atoms with van der Waals surface area (Å²) < 4.78 is 5.78. The molecule has 3 rings (SSSR count). The van der Waals surface area contributed by atoms with E-state index >= 15 is 0 Å². The third-order valence-corrected chi connectivity index (χ3v) is 5.78. The Morgan fingerprint density at radius 2 is 1.63 bits per heavy atom. The Balaban J connectivity index is 1.85. The van der Waals surface area contributed by atoms with Crippen LogP contribution in [0.15, 0.2) is 30.0 Å². The lowest BCUT2D eigenvalue weighted by atomic mass is 10.0. The van der Waals surface area contributed by atoms with Crippen LogP contribution < -0.4 is 4.74 Å². The first-order valence-electron chi connectivity index (χ1n) is 11.6. The van der Waals surface area contributed by atoms with E-state index in [0.29, 0.717) is 30.3 Å². The van der Waals surface area contributed by atoms with Gasteiger partial charge in [-0.25, -0.2) is 0 Å². The molecule has 0 unspecified atom stereocenters. The van der Waals surface area contributed by atoms with E-state index in [-0.39, 0.29) is 11.8 Å². The van der Waals surface area contributed by atoms with Crippen LogP contribution in [0.3, 0.4) is 0 Å². The minimum absolute atomic E-state index is 0.117. The van der Waals surface area contributed by atoms with Crippen molar-refractivity contribution in [3.05, 3.63) is 35.5 Å². The van der Waals surface area contributed by atoms with Gasteiger partial charge in [0.05, 0.1) is 12.2 Å².